The third-order valence-electron chi connectivity index (χ3n) is 3.67. The molecular formula is C16H26N2O. The summed E-state index contributed by atoms with van der Waals surface area (Å²) in [4.78, 5) is 12.0. The number of hydrogen-bond acceptors (Lipinski definition) is 1. The molecule has 1 rings (SSSR count). The maximum absolute atomic E-state index is 12.0. The quantitative estimate of drug-likeness (QED) is 0.778. The molecule has 1 aromatic carbocycles. The number of rotatable bonds is 6. The minimum atomic E-state index is -0.107. The highest BCUT2D eigenvalue weighted by Gasteiger charge is 2.12. The van der Waals surface area contributed by atoms with Crippen LogP contribution in [-0.2, 0) is 0 Å². The van der Waals surface area contributed by atoms with Crippen molar-refractivity contribution in [1.82, 2.24) is 5.32 Å². The molecule has 106 valence electrons. The summed E-state index contributed by atoms with van der Waals surface area (Å²) in [5.41, 5.74) is 2.12. The second-order valence-electron chi connectivity index (χ2n) is 5.01. The molecule has 0 fully saturated rings. The van der Waals surface area contributed by atoms with E-state index in [4.69, 9.17) is 0 Å². The topological polar surface area (TPSA) is 41.1 Å². The Morgan fingerprint density at radius 1 is 1.11 bits per heavy atom. The average molecular weight is 262 g/mol. The van der Waals surface area contributed by atoms with E-state index in [1.807, 2.05) is 18.2 Å². The summed E-state index contributed by atoms with van der Waals surface area (Å²) in [6.07, 6.45) is 2.97. The number of carbonyl (C=O) groups is 1. The summed E-state index contributed by atoms with van der Waals surface area (Å²) in [5, 5.41) is 5.97. The maximum atomic E-state index is 12.0. The van der Waals surface area contributed by atoms with Gasteiger partial charge in [0.15, 0.2) is 0 Å². The van der Waals surface area contributed by atoms with E-state index in [1.54, 1.807) is 0 Å². The number of anilines is 1. The van der Waals surface area contributed by atoms with Crippen molar-refractivity contribution >= 4 is 11.7 Å². The van der Waals surface area contributed by atoms with Crippen molar-refractivity contribution in [3.63, 3.8) is 0 Å². The van der Waals surface area contributed by atoms with Crippen LogP contribution in [-0.4, -0.2) is 12.1 Å². The lowest BCUT2D eigenvalue weighted by Crippen LogP contribution is -2.37. The number of hydrogen-bond donors (Lipinski definition) is 2. The first-order valence-corrected chi connectivity index (χ1v) is 7.28. The molecule has 0 bridgehead atoms. The van der Waals surface area contributed by atoms with Gasteiger partial charge < -0.3 is 10.6 Å². The average Bonchev–Trinajstić information content (AvgIpc) is 2.44. The molecule has 0 spiro atoms. The molecule has 0 saturated heterocycles. The van der Waals surface area contributed by atoms with E-state index in [1.165, 1.54) is 5.56 Å². The van der Waals surface area contributed by atoms with Crippen molar-refractivity contribution in [2.24, 2.45) is 0 Å². The van der Waals surface area contributed by atoms with Gasteiger partial charge in [0.1, 0.15) is 0 Å². The van der Waals surface area contributed by atoms with Crippen LogP contribution in [0, 0.1) is 0 Å². The van der Waals surface area contributed by atoms with Crippen molar-refractivity contribution in [2.45, 2.75) is 58.9 Å². The number of nitrogens with one attached hydrogen (secondary N) is 2. The fourth-order valence-corrected chi connectivity index (χ4v) is 2.10. The minimum absolute atomic E-state index is 0.107. The van der Waals surface area contributed by atoms with Crippen LogP contribution in [0.4, 0.5) is 10.5 Å². The summed E-state index contributed by atoms with van der Waals surface area (Å²) in [6, 6.07) is 8.17. The smallest absolute Gasteiger partial charge is 0.319 e. The number of amides is 2. The Morgan fingerprint density at radius 2 is 1.74 bits per heavy atom. The normalized spacial score (nSPS) is 12.3. The molecule has 0 aliphatic rings. The zero-order valence-electron chi connectivity index (χ0n) is 12.5. The number of carbonyl (C=O) groups excluding carboxylic acids is 1. The lowest BCUT2D eigenvalue weighted by atomic mass is 9.97. The Bertz CT molecular complexity index is 399. The molecule has 0 heterocycles. The van der Waals surface area contributed by atoms with E-state index in [9.17, 15) is 4.79 Å². The van der Waals surface area contributed by atoms with E-state index < -0.39 is 0 Å². The van der Waals surface area contributed by atoms with Crippen molar-refractivity contribution in [1.29, 1.82) is 0 Å². The minimum Gasteiger partial charge on any atom is -0.335 e. The molecule has 1 unspecified atom stereocenters. The van der Waals surface area contributed by atoms with Gasteiger partial charge in [-0.2, -0.15) is 0 Å². The summed E-state index contributed by atoms with van der Waals surface area (Å²) in [7, 11) is 0. The highest BCUT2D eigenvalue weighted by Crippen LogP contribution is 2.26. The predicted octanol–water partition coefficient (Wildman–Crippen LogP) is 4.51. The van der Waals surface area contributed by atoms with Crippen LogP contribution in [0.1, 0.15) is 58.4 Å². The molecule has 3 heteroatoms. The Morgan fingerprint density at radius 3 is 2.32 bits per heavy atom. The molecule has 0 saturated carbocycles. The molecule has 1 atom stereocenters. The van der Waals surface area contributed by atoms with Gasteiger partial charge in [-0.25, -0.2) is 4.79 Å². The third kappa shape index (κ3) is 4.58. The van der Waals surface area contributed by atoms with Crippen LogP contribution < -0.4 is 10.6 Å². The lowest BCUT2D eigenvalue weighted by Gasteiger charge is -2.18. The van der Waals surface area contributed by atoms with Gasteiger partial charge in [0.05, 0.1) is 0 Å². The van der Waals surface area contributed by atoms with Crippen LogP contribution in [0.15, 0.2) is 24.3 Å². The van der Waals surface area contributed by atoms with Crippen molar-refractivity contribution in [3.05, 3.63) is 29.8 Å². The predicted molar refractivity (Wildman–Crippen MR) is 81.7 cm³/mol. The van der Waals surface area contributed by atoms with Crippen LogP contribution in [0.3, 0.4) is 0 Å². The summed E-state index contributed by atoms with van der Waals surface area (Å²) >= 11 is 0. The van der Waals surface area contributed by atoms with Gasteiger partial charge in [-0.15, -0.1) is 0 Å². The zero-order chi connectivity index (χ0) is 14.3. The lowest BCUT2D eigenvalue weighted by molar-refractivity contribution is 0.247. The first-order chi connectivity index (χ1) is 9.12. The molecule has 0 aromatic heterocycles. The summed E-state index contributed by atoms with van der Waals surface area (Å²) in [6.45, 7) is 8.51. The van der Waals surface area contributed by atoms with E-state index >= 15 is 0 Å². The fraction of sp³-hybridized carbons (Fsp3) is 0.562. The Hall–Kier alpha value is -1.51. The number of benzene rings is 1. The number of urea groups is 1. The second-order valence-corrected chi connectivity index (χ2v) is 5.01. The maximum Gasteiger partial charge on any atom is 0.319 e. The summed E-state index contributed by atoms with van der Waals surface area (Å²) in [5.74, 6) is 0.449. The van der Waals surface area contributed by atoms with E-state index in [0.29, 0.717) is 5.92 Å². The van der Waals surface area contributed by atoms with Gasteiger partial charge in [0.2, 0.25) is 0 Å². The van der Waals surface area contributed by atoms with E-state index in [-0.39, 0.29) is 12.1 Å². The summed E-state index contributed by atoms with van der Waals surface area (Å²) < 4.78 is 0. The molecule has 0 aliphatic carbocycles. The van der Waals surface area contributed by atoms with Crippen LogP contribution in [0.2, 0.25) is 0 Å². The standard InChI is InChI=1S/C16H26N2O/c1-5-12(4)14-10-8-9-11-15(14)18-16(19)17-13(6-2)7-3/h8-13H,5-7H2,1-4H3,(H2,17,18,19). The molecule has 3 nitrogen and oxygen atoms in total. The highest BCUT2D eigenvalue weighted by molar-refractivity contribution is 5.90. The van der Waals surface area contributed by atoms with Gasteiger partial charge >= 0.3 is 6.03 Å². The fourth-order valence-electron chi connectivity index (χ4n) is 2.10. The van der Waals surface area contributed by atoms with Crippen LogP contribution >= 0.6 is 0 Å². The molecule has 1 aromatic rings. The van der Waals surface area contributed by atoms with Gasteiger partial charge in [0.25, 0.3) is 0 Å². The first-order valence-electron chi connectivity index (χ1n) is 7.28. The molecule has 0 aliphatic heterocycles. The van der Waals surface area contributed by atoms with Crippen molar-refractivity contribution < 1.29 is 4.79 Å². The van der Waals surface area contributed by atoms with Gasteiger partial charge in [-0.05, 0) is 36.8 Å². The van der Waals surface area contributed by atoms with E-state index in [0.717, 1.165) is 24.9 Å². The monoisotopic (exact) mass is 262 g/mol. The Labute approximate surface area is 116 Å². The molecule has 2 amide bonds. The Kier molecular flexibility index (Phi) is 6.40. The molecule has 2 N–H and O–H groups in total. The van der Waals surface area contributed by atoms with Crippen molar-refractivity contribution in [2.75, 3.05) is 5.32 Å². The number of para-hydroxylation sites is 1. The second kappa shape index (κ2) is 7.82. The largest absolute Gasteiger partial charge is 0.335 e. The van der Waals surface area contributed by atoms with Gasteiger partial charge in [0, 0.05) is 11.7 Å². The van der Waals surface area contributed by atoms with Gasteiger partial charge in [-0.1, -0.05) is 45.9 Å². The molecule has 19 heavy (non-hydrogen) atoms. The Balaban J connectivity index is 2.74. The zero-order valence-corrected chi connectivity index (χ0v) is 12.5. The van der Waals surface area contributed by atoms with Crippen LogP contribution in [0.25, 0.3) is 0 Å². The SMILES string of the molecule is CCC(CC)NC(=O)Nc1ccccc1C(C)CC. The van der Waals surface area contributed by atoms with Crippen molar-refractivity contribution in [3.8, 4) is 0 Å². The molecular weight excluding hydrogens is 236 g/mol. The van der Waals surface area contributed by atoms with E-state index in [2.05, 4.69) is 44.4 Å². The molecule has 0 radical (unpaired) electrons. The van der Waals surface area contributed by atoms with Crippen LogP contribution in [0.5, 0.6) is 0 Å². The van der Waals surface area contributed by atoms with Gasteiger partial charge in [-0.3, -0.25) is 0 Å². The third-order valence-corrected chi connectivity index (χ3v) is 3.67. The first kappa shape index (κ1) is 15.5. The highest BCUT2D eigenvalue weighted by atomic mass is 16.2.